The maximum Gasteiger partial charge on any atom is 0.222 e. The van der Waals surface area contributed by atoms with Crippen LogP contribution in [-0.2, 0) is 11.2 Å². The van der Waals surface area contributed by atoms with E-state index in [1.54, 1.807) is 7.11 Å². The third kappa shape index (κ3) is 3.97. The molecule has 2 rings (SSSR count). The van der Waals surface area contributed by atoms with Crippen LogP contribution in [0.4, 0.5) is 0 Å². The highest BCUT2D eigenvalue weighted by Crippen LogP contribution is 2.12. The Kier molecular flexibility index (Phi) is 5.41. The molecule has 1 aliphatic rings. The van der Waals surface area contributed by atoms with E-state index in [1.807, 2.05) is 24.0 Å². The molecule has 0 aromatic heterocycles. The van der Waals surface area contributed by atoms with Crippen molar-refractivity contribution in [2.75, 3.05) is 39.8 Å². The first-order valence-electron chi connectivity index (χ1n) is 7.36. The van der Waals surface area contributed by atoms with Gasteiger partial charge in [-0.15, -0.1) is 0 Å². The minimum Gasteiger partial charge on any atom is -0.497 e. The number of hydrogen-bond donors (Lipinski definition) is 0. The van der Waals surface area contributed by atoms with Gasteiger partial charge in [0.2, 0.25) is 5.91 Å². The van der Waals surface area contributed by atoms with Crippen molar-refractivity contribution in [1.82, 2.24) is 9.80 Å². The van der Waals surface area contributed by atoms with Crippen molar-refractivity contribution < 1.29 is 9.53 Å². The summed E-state index contributed by atoms with van der Waals surface area (Å²) >= 11 is 0. The summed E-state index contributed by atoms with van der Waals surface area (Å²) in [6.07, 6.45) is 1.66. The molecule has 0 radical (unpaired) electrons. The third-order valence-corrected chi connectivity index (χ3v) is 3.90. The molecule has 110 valence electrons. The number of ether oxygens (including phenoxy) is 1. The fourth-order valence-electron chi connectivity index (χ4n) is 2.52. The molecule has 1 fully saturated rings. The van der Waals surface area contributed by atoms with Crippen molar-refractivity contribution in [2.45, 2.75) is 19.8 Å². The standard InChI is InChI=1S/C16H24N2O2/c1-3-16(19)18-12-10-17(11-13-18)9-8-14-4-6-15(20-2)7-5-14/h4-7H,3,8-13H2,1-2H3. The molecule has 0 bridgehead atoms. The first kappa shape index (κ1) is 14.9. The minimum atomic E-state index is 0.278. The lowest BCUT2D eigenvalue weighted by Gasteiger charge is -2.34. The van der Waals surface area contributed by atoms with Gasteiger partial charge in [-0.2, -0.15) is 0 Å². The van der Waals surface area contributed by atoms with E-state index >= 15 is 0 Å². The van der Waals surface area contributed by atoms with Crippen LogP contribution in [0.2, 0.25) is 0 Å². The van der Waals surface area contributed by atoms with E-state index in [0.717, 1.165) is 44.9 Å². The van der Waals surface area contributed by atoms with Crippen LogP contribution in [0.25, 0.3) is 0 Å². The highest BCUT2D eigenvalue weighted by atomic mass is 16.5. The number of piperazine rings is 1. The van der Waals surface area contributed by atoms with Gasteiger partial charge >= 0.3 is 0 Å². The highest BCUT2D eigenvalue weighted by Gasteiger charge is 2.19. The van der Waals surface area contributed by atoms with E-state index in [9.17, 15) is 4.79 Å². The summed E-state index contributed by atoms with van der Waals surface area (Å²) in [5, 5.41) is 0. The van der Waals surface area contributed by atoms with E-state index in [4.69, 9.17) is 4.74 Å². The van der Waals surface area contributed by atoms with Gasteiger partial charge in [-0.05, 0) is 24.1 Å². The Hall–Kier alpha value is -1.55. The Morgan fingerprint density at radius 1 is 1.15 bits per heavy atom. The number of rotatable bonds is 5. The average molecular weight is 276 g/mol. The van der Waals surface area contributed by atoms with Crippen molar-refractivity contribution in [2.24, 2.45) is 0 Å². The molecule has 1 aromatic rings. The van der Waals surface area contributed by atoms with E-state index in [1.165, 1.54) is 5.56 Å². The van der Waals surface area contributed by atoms with Crippen LogP contribution in [0.3, 0.4) is 0 Å². The molecule has 0 spiro atoms. The number of benzene rings is 1. The molecular weight excluding hydrogens is 252 g/mol. The van der Waals surface area contributed by atoms with E-state index < -0.39 is 0 Å². The summed E-state index contributed by atoms with van der Waals surface area (Å²) in [5.74, 6) is 1.18. The Morgan fingerprint density at radius 2 is 1.80 bits per heavy atom. The summed E-state index contributed by atoms with van der Waals surface area (Å²) in [4.78, 5) is 16.0. The zero-order chi connectivity index (χ0) is 14.4. The lowest BCUT2D eigenvalue weighted by molar-refractivity contribution is -0.132. The van der Waals surface area contributed by atoms with Gasteiger partial charge in [-0.1, -0.05) is 19.1 Å². The van der Waals surface area contributed by atoms with Gasteiger partial charge in [0, 0.05) is 39.1 Å². The van der Waals surface area contributed by atoms with E-state index in [0.29, 0.717) is 6.42 Å². The zero-order valence-electron chi connectivity index (χ0n) is 12.5. The average Bonchev–Trinajstić information content (AvgIpc) is 2.53. The zero-order valence-corrected chi connectivity index (χ0v) is 12.5. The Bertz CT molecular complexity index is 423. The quantitative estimate of drug-likeness (QED) is 0.822. The van der Waals surface area contributed by atoms with Crippen molar-refractivity contribution in [3.63, 3.8) is 0 Å². The van der Waals surface area contributed by atoms with Gasteiger partial charge < -0.3 is 9.64 Å². The molecule has 0 N–H and O–H groups in total. The van der Waals surface area contributed by atoms with Gasteiger partial charge in [-0.3, -0.25) is 9.69 Å². The monoisotopic (exact) mass is 276 g/mol. The maximum absolute atomic E-state index is 11.6. The molecule has 0 unspecified atom stereocenters. The molecule has 0 aliphatic carbocycles. The van der Waals surface area contributed by atoms with Crippen LogP contribution in [0.15, 0.2) is 24.3 Å². The van der Waals surface area contributed by atoms with Crippen LogP contribution in [0, 0.1) is 0 Å². The normalized spacial score (nSPS) is 16.2. The molecule has 4 nitrogen and oxygen atoms in total. The maximum atomic E-state index is 11.6. The van der Waals surface area contributed by atoms with Crippen LogP contribution in [-0.4, -0.2) is 55.5 Å². The number of methoxy groups -OCH3 is 1. The number of carbonyl (C=O) groups is 1. The van der Waals surface area contributed by atoms with Crippen LogP contribution < -0.4 is 4.74 Å². The van der Waals surface area contributed by atoms with Gasteiger partial charge in [0.15, 0.2) is 0 Å². The first-order chi connectivity index (χ1) is 9.72. The van der Waals surface area contributed by atoms with Gasteiger partial charge in [0.05, 0.1) is 7.11 Å². The summed E-state index contributed by atoms with van der Waals surface area (Å²) in [5.41, 5.74) is 1.33. The van der Waals surface area contributed by atoms with Gasteiger partial charge in [-0.25, -0.2) is 0 Å². The summed E-state index contributed by atoms with van der Waals surface area (Å²) in [6, 6.07) is 8.26. The fraction of sp³-hybridized carbons (Fsp3) is 0.562. The third-order valence-electron chi connectivity index (χ3n) is 3.90. The Balaban J connectivity index is 1.74. The second-order valence-corrected chi connectivity index (χ2v) is 5.17. The second-order valence-electron chi connectivity index (χ2n) is 5.17. The van der Waals surface area contributed by atoms with Crippen LogP contribution >= 0.6 is 0 Å². The number of nitrogens with zero attached hydrogens (tertiary/aromatic N) is 2. The van der Waals surface area contributed by atoms with Crippen molar-refractivity contribution in [3.8, 4) is 5.75 Å². The molecule has 4 heteroatoms. The highest BCUT2D eigenvalue weighted by molar-refractivity contribution is 5.75. The van der Waals surface area contributed by atoms with Gasteiger partial charge in [0.25, 0.3) is 0 Å². The largest absolute Gasteiger partial charge is 0.497 e. The SMILES string of the molecule is CCC(=O)N1CCN(CCc2ccc(OC)cc2)CC1. The molecule has 1 aliphatic heterocycles. The first-order valence-corrected chi connectivity index (χ1v) is 7.36. The fourth-order valence-corrected chi connectivity index (χ4v) is 2.52. The smallest absolute Gasteiger partial charge is 0.222 e. The summed E-state index contributed by atoms with van der Waals surface area (Å²) in [7, 11) is 1.69. The van der Waals surface area contributed by atoms with Crippen molar-refractivity contribution >= 4 is 5.91 Å². The molecule has 0 atom stereocenters. The molecule has 1 aromatic carbocycles. The molecule has 0 saturated carbocycles. The van der Waals surface area contributed by atoms with Crippen molar-refractivity contribution in [1.29, 1.82) is 0 Å². The minimum absolute atomic E-state index is 0.278. The van der Waals surface area contributed by atoms with E-state index in [2.05, 4.69) is 17.0 Å². The number of hydrogen-bond acceptors (Lipinski definition) is 3. The molecule has 1 amide bonds. The van der Waals surface area contributed by atoms with Crippen LogP contribution in [0.5, 0.6) is 5.75 Å². The van der Waals surface area contributed by atoms with Gasteiger partial charge in [0.1, 0.15) is 5.75 Å². The molecular formula is C16H24N2O2. The number of carbonyl (C=O) groups excluding carboxylic acids is 1. The Labute approximate surface area is 121 Å². The lowest BCUT2D eigenvalue weighted by atomic mass is 10.1. The number of amides is 1. The lowest BCUT2D eigenvalue weighted by Crippen LogP contribution is -2.48. The molecule has 20 heavy (non-hydrogen) atoms. The van der Waals surface area contributed by atoms with Crippen LogP contribution in [0.1, 0.15) is 18.9 Å². The van der Waals surface area contributed by atoms with E-state index in [-0.39, 0.29) is 5.91 Å². The predicted molar refractivity (Wildman–Crippen MR) is 80.0 cm³/mol. The van der Waals surface area contributed by atoms with Crippen molar-refractivity contribution in [3.05, 3.63) is 29.8 Å². The molecule has 1 heterocycles. The second kappa shape index (κ2) is 7.29. The summed E-state index contributed by atoms with van der Waals surface area (Å²) < 4.78 is 5.16. The Morgan fingerprint density at radius 3 is 2.35 bits per heavy atom. The predicted octanol–water partition coefficient (Wildman–Crippen LogP) is 1.79. The topological polar surface area (TPSA) is 32.8 Å². The molecule has 1 saturated heterocycles. The summed E-state index contributed by atoms with van der Waals surface area (Å²) in [6.45, 7) is 6.70.